The van der Waals surface area contributed by atoms with E-state index in [0.29, 0.717) is 74.2 Å². The van der Waals surface area contributed by atoms with Crippen LogP contribution in [-0.2, 0) is 48.6 Å². The summed E-state index contributed by atoms with van der Waals surface area (Å²) in [5.74, 6) is 2.37. The summed E-state index contributed by atoms with van der Waals surface area (Å²) in [6.45, 7) is 13.9. The fraction of sp³-hybridized carbons (Fsp3) is 0.522. The number of carbonyl (C=O) groups is 2. The van der Waals surface area contributed by atoms with Gasteiger partial charge in [-0.05, 0) is 87.0 Å². The van der Waals surface area contributed by atoms with Gasteiger partial charge in [-0.15, -0.1) is 0 Å². The van der Waals surface area contributed by atoms with Gasteiger partial charge in [0.1, 0.15) is 23.3 Å². The third kappa shape index (κ3) is 11.5. The van der Waals surface area contributed by atoms with E-state index >= 15 is 0 Å². The van der Waals surface area contributed by atoms with Crippen LogP contribution in [0.2, 0.25) is 0 Å². The lowest BCUT2D eigenvalue weighted by atomic mass is 10.0. The van der Waals surface area contributed by atoms with Crippen LogP contribution in [0.4, 0.5) is 23.3 Å². The number of carbonyl (C=O) groups excluding carboxylic acids is 2. The first-order valence-corrected chi connectivity index (χ1v) is 22.0. The van der Waals surface area contributed by atoms with Crippen molar-refractivity contribution in [1.82, 2.24) is 29.7 Å². The standard InChI is InChI=1S/2C23H31N5O2/c1-2-3-12-30-23-25-21(24)20-13-19(29)16-28(22(20)26-23)15-18-8-6-17(7-9-18)14-27-10-4-5-11-27;1-2-3-11-30-23-25-21(24)20-13-19(29)16-28(22(20)26-23)15-18-8-6-7-17(12-18)14-27-9-4-5-10-27/h6-9H,2-5,10-16H2,1H3,(H2,24,25,26);6-8,12H,2-5,9-11,13-16H2,1H3,(H2,24,25,26). The average Bonchev–Trinajstić information content (AvgIpc) is 3.95. The van der Waals surface area contributed by atoms with Gasteiger partial charge in [0, 0.05) is 50.1 Å². The SMILES string of the molecule is CCCCOc1nc(N)c2c(n1)N(Cc1ccc(CN3CCCC3)cc1)CC(=O)C2.CCCCOc1nc(N)c2c(n1)N(Cc1cccc(CN3CCCC3)c1)CC(=O)C2. The number of ether oxygens (including phenoxy) is 2. The van der Waals surface area contributed by atoms with Gasteiger partial charge in [-0.25, -0.2) is 0 Å². The van der Waals surface area contributed by atoms with Gasteiger partial charge in [-0.3, -0.25) is 19.4 Å². The summed E-state index contributed by atoms with van der Waals surface area (Å²) in [5, 5.41) is 0. The number of unbranched alkanes of at least 4 members (excludes halogenated alkanes) is 2. The zero-order valence-electron chi connectivity index (χ0n) is 35.5. The second-order valence-electron chi connectivity index (χ2n) is 16.5. The summed E-state index contributed by atoms with van der Waals surface area (Å²) in [7, 11) is 0. The number of ketones is 2. The fourth-order valence-corrected chi connectivity index (χ4v) is 8.30. The number of rotatable bonds is 16. The minimum absolute atomic E-state index is 0.128. The van der Waals surface area contributed by atoms with Crippen molar-refractivity contribution in [3.63, 3.8) is 0 Å². The largest absolute Gasteiger partial charge is 0.463 e. The highest BCUT2D eigenvalue weighted by Gasteiger charge is 2.29. The second-order valence-corrected chi connectivity index (χ2v) is 16.5. The van der Waals surface area contributed by atoms with E-state index < -0.39 is 0 Å². The maximum atomic E-state index is 12.4. The Morgan fingerprint density at radius 2 is 0.983 bits per heavy atom. The third-order valence-corrected chi connectivity index (χ3v) is 11.5. The Morgan fingerprint density at radius 1 is 0.567 bits per heavy atom. The van der Waals surface area contributed by atoms with Crippen molar-refractivity contribution in [2.24, 2.45) is 0 Å². The van der Waals surface area contributed by atoms with E-state index in [1.807, 2.05) is 9.80 Å². The molecule has 0 amide bonds. The van der Waals surface area contributed by atoms with Crippen molar-refractivity contribution in [2.75, 3.05) is 73.7 Å². The average molecular weight is 819 g/mol. The normalized spacial score (nSPS) is 16.7. The molecular weight excluding hydrogens is 757 g/mol. The Kier molecular flexibility index (Phi) is 14.8. The minimum Gasteiger partial charge on any atom is -0.463 e. The van der Waals surface area contributed by atoms with Crippen LogP contribution < -0.4 is 30.7 Å². The topological polar surface area (TPSA) is 169 Å². The molecule has 60 heavy (non-hydrogen) atoms. The number of likely N-dealkylation sites (tertiary alicyclic amines) is 2. The van der Waals surface area contributed by atoms with Gasteiger partial charge in [-0.2, -0.15) is 19.9 Å². The summed E-state index contributed by atoms with van der Waals surface area (Å²) in [4.78, 5) is 51.4. The van der Waals surface area contributed by atoms with Gasteiger partial charge in [-0.1, -0.05) is 75.2 Å². The first kappa shape index (κ1) is 42.8. The van der Waals surface area contributed by atoms with Crippen molar-refractivity contribution in [3.8, 4) is 12.0 Å². The van der Waals surface area contributed by atoms with E-state index in [1.54, 1.807) is 0 Å². The van der Waals surface area contributed by atoms with E-state index in [1.165, 1.54) is 63.0 Å². The first-order chi connectivity index (χ1) is 29.2. The van der Waals surface area contributed by atoms with Crippen molar-refractivity contribution in [2.45, 2.75) is 104 Å². The molecule has 0 radical (unpaired) electrons. The zero-order valence-corrected chi connectivity index (χ0v) is 35.5. The summed E-state index contributed by atoms with van der Waals surface area (Å²) >= 11 is 0. The van der Waals surface area contributed by atoms with Crippen molar-refractivity contribution >= 4 is 34.8 Å². The number of hydrogen-bond acceptors (Lipinski definition) is 14. The third-order valence-electron chi connectivity index (χ3n) is 11.5. The Balaban J connectivity index is 0.000000181. The highest BCUT2D eigenvalue weighted by molar-refractivity contribution is 5.92. The van der Waals surface area contributed by atoms with Gasteiger partial charge in [0.2, 0.25) is 0 Å². The molecule has 0 aliphatic carbocycles. The fourth-order valence-electron chi connectivity index (χ4n) is 8.30. The Labute approximate surface area is 354 Å². The van der Waals surface area contributed by atoms with Gasteiger partial charge >= 0.3 is 12.0 Å². The molecule has 14 nitrogen and oxygen atoms in total. The highest BCUT2D eigenvalue weighted by Crippen LogP contribution is 2.32. The Bertz CT molecular complexity index is 2070. The summed E-state index contributed by atoms with van der Waals surface area (Å²) in [5.41, 5.74) is 18.7. The second kappa shape index (κ2) is 20.8. The molecule has 14 heteroatoms. The smallest absolute Gasteiger partial charge is 0.320 e. The minimum atomic E-state index is 0.128. The lowest BCUT2D eigenvalue weighted by Gasteiger charge is -2.30. The molecule has 320 valence electrons. The van der Waals surface area contributed by atoms with E-state index in [0.717, 1.165) is 61.5 Å². The lowest BCUT2D eigenvalue weighted by molar-refractivity contribution is -0.118. The number of Topliss-reactive ketones (excluding diaryl/α,β-unsaturated/α-hetero) is 2. The number of anilines is 4. The zero-order chi connectivity index (χ0) is 41.8. The van der Waals surface area contributed by atoms with Crippen LogP contribution >= 0.6 is 0 Å². The number of nitrogens with two attached hydrogens (primary N) is 2. The molecule has 0 bridgehead atoms. The molecule has 4 aliphatic rings. The molecule has 4 aliphatic heterocycles. The molecule has 0 spiro atoms. The van der Waals surface area contributed by atoms with Crippen LogP contribution in [0.15, 0.2) is 48.5 Å². The number of nitrogens with zero attached hydrogens (tertiary/aromatic N) is 8. The Morgan fingerprint density at radius 3 is 1.45 bits per heavy atom. The molecule has 2 saturated heterocycles. The molecule has 0 unspecified atom stereocenters. The summed E-state index contributed by atoms with van der Waals surface area (Å²) in [6.07, 6.45) is 9.68. The Hall–Kier alpha value is -5.34. The monoisotopic (exact) mass is 818 g/mol. The van der Waals surface area contributed by atoms with Crippen LogP contribution in [0.1, 0.15) is 98.6 Å². The predicted molar refractivity (Wildman–Crippen MR) is 235 cm³/mol. The maximum absolute atomic E-state index is 12.4. The van der Waals surface area contributed by atoms with Crippen molar-refractivity contribution < 1.29 is 19.1 Å². The van der Waals surface area contributed by atoms with E-state index in [4.69, 9.17) is 20.9 Å². The molecule has 6 heterocycles. The van der Waals surface area contributed by atoms with Crippen LogP contribution in [0.5, 0.6) is 12.0 Å². The van der Waals surface area contributed by atoms with Crippen LogP contribution in [0.25, 0.3) is 0 Å². The first-order valence-electron chi connectivity index (χ1n) is 22.0. The summed E-state index contributed by atoms with van der Waals surface area (Å²) in [6, 6.07) is 17.9. The number of benzene rings is 2. The number of aromatic nitrogens is 4. The highest BCUT2D eigenvalue weighted by atomic mass is 16.5. The van der Waals surface area contributed by atoms with Gasteiger partial charge < -0.3 is 30.7 Å². The number of hydrogen-bond donors (Lipinski definition) is 2. The van der Waals surface area contributed by atoms with Gasteiger partial charge in [0.05, 0.1) is 26.3 Å². The van der Waals surface area contributed by atoms with E-state index in [2.05, 4.69) is 92.1 Å². The van der Waals surface area contributed by atoms with E-state index in [9.17, 15) is 9.59 Å². The molecular formula is C46H62N10O4. The predicted octanol–water partition coefficient (Wildman–Crippen LogP) is 5.93. The molecule has 8 rings (SSSR count). The molecule has 2 aromatic carbocycles. The quantitative estimate of drug-likeness (QED) is 0.128. The van der Waals surface area contributed by atoms with Gasteiger partial charge in [0.25, 0.3) is 0 Å². The van der Waals surface area contributed by atoms with Gasteiger partial charge in [0.15, 0.2) is 11.6 Å². The van der Waals surface area contributed by atoms with Crippen LogP contribution in [0, 0.1) is 0 Å². The molecule has 0 saturated carbocycles. The van der Waals surface area contributed by atoms with Crippen molar-refractivity contribution in [1.29, 1.82) is 0 Å². The number of nitrogen functional groups attached to an aromatic ring is 2. The molecule has 2 aromatic heterocycles. The molecule has 2 fully saturated rings. The molecule has 4 N–H and O–H groups in total. The van der Waals surface area contributed by atoms with Crippen molar-refractivity contribution in [3.05, 3.63) is 81.9 Å². The lowest BCUT2D eigenvalue weighted by Crippen LogP contribution is -2.36. The molecule has 0 atom stereocenters. The van der Waals surface area contributed by atoms with Crippen LogP contribution in [-0.4, -0.2) is 93.8 Å². The maximum Gasteiger partial charge on any atom is 0.320 e. The number of fused-ring (bicyclic) bond motifs is 2. The van der Waals surface area contributed by atoms with Crippen LogP contribution in [0.3, 0.4) is 0 Å². The van der Waals surface area contributed by atoms with E-state index in [-0.39, 0.29) is 24.4 Å². The molecule has 4 aromatic rings. The summed E-state index contributed by atoms with van der Waals surface area (Å²) < 4.78 is 11.4.